The summed E-state index contributed by atoms with van der Waals surface area (Å²) in [5.41, 5.74) is 0.418. The molecule has 1 aliphatic rings. The Bertz CT molecular complexity index is 1060. The molecule has 10 heteroatoms. The van der Waals surface area contributed by atoms with E-state index in [1.807, 2.05) is 6.92 Å². The minimum absolute atomic E-state index is 0.0705. The standard InChI is InChI=1S/C24H30N2O7S/c1-3-31-20-7-5-19(6-8-20)25-34(29,30)22-11-9-21(10-12-22)33-17-23(27)26-15-13-18(14-16-26)24(28)32-4-2/h5-12,18,25H,3-4,13-17H2,1-2H3. The molecule has 1 aliphatic heterocycles. The normalized spacial score (nSPS) is 14.4. The molecule has 0 spiro atoms. The molecule has 9 nitrogen and oxygen atoms in total. The second kappa shape index (κ2) is 11.7. The Labute approximate surface area is 200 Å². The predicted molar refractivity (Wildman–Crippen MR) is 126 cm³/mol. The van der Waals surface area contributed by atoms with E-state index in [1.54, 1.807) is 36.1 Å². The maximum Gasteiger partial charge on any atom is 0.309 e. The third kappa shape index (κ3) is 6.86. The molecule has 0 bridgehead atoms. The predicted octanol–water partition coefficient (Wildman–Crippen LogP) is 3.07. The molecule has 1 heterocycles. The number of anilines is 1. The van der Waals surface area contributed by atoms with Crippen molar-refractivity contribution in [3.8, 4) is 11.5 Å². The summed E-state index contributed by atoms with van der Waals surface area (Å²) in [6.45, 7) is 5.30. The van der Waals surface area contributed by atoms with Gasteiger partial charge in [-0.05, 0) is 75.2 Å². The van der Waals surface area contributed by atoms with E-state index in [4.69, 9.17) is 14.2 Å². The van der Waals surface area contributed by atoms with Crippen molar-refractivity contribution in [2.75, 3.05) is 37.6 Å². The molecule has 1 saturated heterocycles. The molecule has 0 aromatic heterocycles. The lowest BCUT2D eigenvalue weighted by atomic mass is 9.97. The first-order chi connectivity index (χ1) is 16.3. The van der Waals surface area contributed by atoms with Gasteiger partial charge >= 0.3 is 5.97 Å². The average Bonchev–Trinajstić information content (AvgIpc) is 2.84. The average molecular weight is 491 g/mol. The molecule has 0 radical (unpaired) electrons. The van der Waals surface area contributed by atoms with Crippen molar-refractivity contribution in [2.24, 2.45) is 5.92 Å². The van der Waals surface area contributed by atoms with Crippen LogP contribution >= 0.6 is 0 Å². The molecule has 1 fully saturated rings. The van der Waals surface area contributed by atoms with Gasteiger partial charge < -0.3 is 19.1 Å². The first-order valence-electron chi connectivity index (χ1n) is 11.2. The lowest BCUT2D eigenvalue weighted by molar-refractivity contribution is -0.151. The third-order valence-electron chi connectivity index (χ3n) is 5.38. The molecular weight excluding hydrogens is 460 g/mol. The number of carbonyl (C=O) groups is 2. The number of ether oxygens (including phenoxy) is 3. The van der Waals surface area contributed by atoms with Gasteiger partial charge in [0.2, 0.25) is 0 Å². The van der Waals surface area contributed by atoms with Crippen LogP contribution in [-0.2, 0) is 24.3 Å². The number of hydrogen-bond donors (Lipinski definition) is 1. The van der Waals surface area contributed by atoms with Gasteiger partial charge in [0.25, 0.3) is 15.9 Å². The molecule has 2 aromatic carbocycles. The highest BCUT2D eigenvalue weighted by molar-refractivity contribution is 7.92. The van der Waals surface area contributed by atoms with Crippen molar-refractivity contribution in [1.82, 2.24) is 4.90 Å². The van der Waals surface area contributed by atoms with Crippen LogP contribution in [-0.4, -0.2) is 58.1 Å². The van der Waals surface area contributed by atoms with E-state index in [2.05, 4.69) is 4.72 Å². The lowest BCUT2D eigenvalue weighted by Crippen LogP contribution is -2.42. The summed E-state index contributed by atoms with van der Waals surface area (Å²) in [5, 5.41) is 0. The number of nitrogens with zero attached hydrogens (tertiary/aromatic N) is 1. The van der Waals surface area contributed by atoms with Crippen molar-refractivity contribution in [2.45, 2.75) is 31.6 Å². The number of carbonyl (C=O) groups excluding carboxylic acids is 2. The molecule has 1 N–H and O–H groups in total. The molecule has 0 saturated carbocycles. The van der Waals surface area contributed by atoms with Gasteiger partial charge in [0.05, 0.1) is 24.0 Å². The van der Waals surface area contributed by atoms with Crippen molar-refractivity contribution in [1.29, 1.82) is 0 Å². The van der Waals surface area contributed by atoms with Crippen LogP contribution in [0.1, 0.15) is 26.7 Å². The number of rotatable bonds is 10. The Morgan fingerprint density at radius 2 is 1.50 bits per heavy atom. The molecule has 1 amide bonds. The largest absolute Gasteiger partial charge is 0.494 e. The highest BCUT2D eigenvalue weighted by Crippen LogP contribution is 2.22. The first-order valence-corrected chi connectivity index (χ1v) is 12.7. The summed E-state index contributed by atoms with van der Waals surface area (Å²) in [6.07, 6.45) is 1.14. The Hall–Kier alpha value is -3.27. The van der Waals surface area contributed by atoms with Crippen molar-refractivity contribution in [3.05, 3.63) is 48.5 Å². The number of nitrogens with one attached hydrogen (secondary N) is 1. The van der Waals surface area contributed by atoms with E-state index < -0.39 is 10.0 Å². The summed E-state index contributed by atoms with van der Waals surface area (Å²) >= 11 is 0. The highest BCUT2D eigenvalue weighted by Gasteiger charge is 2.28. The van der Waals surface area contributed by atoms with Crippen LogP contribution in [0.4, 0.5) is 5.69 Å². The van der Waals surface area contributed by atoms with E-state index in [0.717, 1.165) is 0 Å². The number of hydrogen-bond acceptors (Lipinski definition) is 7. The Morgan fingerprint density at radius 1 is 0.912 bits per heavy atom. The van der Waals surface area contributed by atoms with Gasteiger partial charge in [0.1, 0.15) is 11.5 Å². The van der Waals surface area contributed by atoms with Crippen LogP contribution in [0.25, 0.3) is 0 Å². The lowest BCUT2D eigenvalue weighted by Gasteiger charge is -2.30. The maximum atomic E-state index is 12.6. The van der Waals surface area contributed by atoms with Crippen molar-refractivity contribution >= 4 is 27.6 Å². The van der Waals surface area contributed by atoms with E-state index >= 15 is 0 Å². The zero-order valence-electron chi connectivity index (χ0n) is 19.4. The first kappa shape index (κ1) is 25.4. The van der Waals surface area contributed by atoms with Gasteiger partial charge in [-0.3, -0.25) is 14.3 Å². The summed E-state index contributed by atoms with van der Waals surface area (Å²) in [7, 11) is -3.78. The number of sulfonamides is 1. The third-order valence-corrected chi connectivity index (χ3v) is 6.78. The smallest absolute Gasteiger partial charge is 0.309 e. The van der Waals surface area contributed by atoms with E-state index in [-0.39, 0.29) is 29.3 Å². The van der Waals surface area contributed by atoms with E-state index in [9.17, 15) is 18.0 Å². The number of esters is 1. The zero-order chi connectivity index (χ0) is 24.6. The topological polar surface area (TPSA) is 111 Å². The van der Waals surface area contributed by atoms with E-state index in [1.165, 1.54) is 24.3 Å². The van der Waals surface area contributed by atoms with Crippen LogP contribution < -0.4 is 14.2 Å². The molecular formula is C24H30N2O7S. The molecule has 34 heavy (non-hydrogen) atoms. The molecule has 184 valence electrons. The number of benzene rings is 2. The minimum atomic E-state index is -3.78. The van der Waals surface area contributed by atoms with Crippen LogP contribution in [0.2, 0.25) is 0 Å². The quantitative estimate of drug-likeness (QED) is 0.510. The van der Waals surface area contributed by atoms with Crippen LogP contribution in [0.5, 0.6) is 11.5 Å². The highest BCUT2D eigenvalue weighted by atomic mass is 32.2. The van der Waals surface area contributed by atoms with Crippen LogP contribution in [0.15, 0.2) is 53.4 Å². The van der Waals surface area contributed by atoms with Gasteiger partial charge in [0.15, 0.2) is 6.61 Å². The fourth-order valence-electron chi connectivity index (χ4n) is 3.58. The Morgan fingerprint density at radius 3 is 2.09 bits per heavy atom. The van der Waals surface area contributed by atoms with Crippen LogP contribution in [0, 0.1) is 5.92 Å². The second-order valence-electron chi connectivity index (χ2n) is 7.73. The Balaban J connectivity index is 1.49. The fourth-order valence-corrected chi connectivity index (χ4v) is 4.63. The maximum absolute atomic E-state index is 12.6. The molecule has 3 rings (SSSR count). The summed E-state index contributed by atoms with van der Waals surface area (Å²) in [5.74, 6) is 0.476. The molecule has 2 aromatic rings. The number of likely N-dealkylation sites (tertiary alicyclic amines) is 1. The molecule has 0 unspecified atom stereocenters. The number of piperidine rings is 1. The Kier molecular flexibility index (Phi) is 8.75. The van der Waals surface area contributed by atoms with Crippen LogP contribution in [0.3, 0.4) is 0 Å². The summed E-state index contributed by atoms with van der Waals surface area (Å²) in [6, 6.07) is 12.5. The summed E-state index contributed by atoms with van der Waals surface area (Å²) in [4.78, 5) is 26.0. The van der Waals surface area contributed by atoms with Crippen molar-refractivity contribution in [3.63, 3.8) is 0 Å². The van der Waals surface area contributed by atoms with Gasteiger partial charge in [-0.25, -0.2) is 8.42 Å². The van der Waals surface area contributed by atoms with Crippen molar-refractivity contribution < 1.29 is 32.2 Å². The van der Waals surface area contributed by atoms with Gasteiger partial charge in [-0.15, -0.1) is 0 Å². The van der Waals surface area contributed by atoms with Gasteiger partial charge in [0, 0.05) is 18.8 Å². The van der Waals surface area contributed by atoms with Gasteiger partial charge in [-0.2, -0.15) is 0 Å². The number of amides is 1. The zero-order valence-corrected chi connectivity index (χ0v) is 20.2. The van der Waals surface area contributed by atoms with Gasteiger partial charge in [-0.1, -0.05) is 0 Å². The molecule has 0 aliphatic carbocycles. The SMILES string of the molecule is CCOC(=O)C1CCN(C(=O)COc2ccc(S(=O)(=O)Nc3ccc(OCC)cc3)cc2)CC1. The summed E-state index contributed by atoms with van der Waals surface area (Å²) < 4.78 is 43.7. The van der Waals surface area contributed by atoms with E-state index in [0.29, 0.717) is 56.3 Å². The minimum Gasteiger partial charge on any atom is -0.494 e. The molecule has 0 atom stereocenters. The fraction of sp³-hybridized carbons (Fsp3) is 0.417. The monoisotopic (exact) mass is 490 g/mol. The second-order valence-corrected chi connectivity index (χ2v) is 9.41.